The van der Waals surface area contributed by atoms with E-state index in [0.717, 1.165) is 38.7 Å². The van der Waals surface area contributed by atoms with Gasteiger partial charge in [-0.3, -0.25) is 0 Å². The Bertz CT molecular complexity index is 293. The summed E-state index contributed by atoms with van der Waals surface area (Å²) in [4.78, 5) is 11.3. The van der Waals surface area contributed by atoms with Crippen LogP contribution in [-0.2, 0) is 19.0 Å². The van der Waals surface area contributed by atoms with Gasteiger partial charge in [0.1, 0.15) is 0 Å². The SMILES string of the molecule is C=CCC[C@H](/C=C/C(=O)OCC)OC1CCCCO1. The van der Waals surface area contributed by atoms with E-state index >= 15 is 0 Å². The highest BCUT2D eigenvalue weighted by Gasteiger charge is 2.18. The molecular formula is C15H24O4. The van der Waals surface area contributed by atoms with Gasteiger partial charge < -0.3 is 14.2 Å². The van der Waals surface area contributed by atoms with Crippen molar-refractivity contribution in [1.82, 2.24) is 0 Å². The molecule has 0 amide bonds. The van der Waals surface area contributed by atoms with Gasteiger partial charge in [0.25, 0.3) is 0 Å². The lowest BCUT2D eigenvalue weighted by Crippen LogP contribution is -2.27. The Kier molecular flexibility index (Phi) is 8.18. The summed E-state index contributed by atoms with van der Waals surface area (Å²) >= 11 is 0. The zero-order chi connectivity index (χ0) is 13.9. The summed E-state index contributed by atoms with van der Waals surface area (Å²) in [6, 6.07) is 0. The second-order valence-electron chi connectivity index (χ2n) is 4.45. The van der Waals surface area contributed by atoms with Gasteiger partial charge in [0.15, 0.2) is 6.29 Å². The predicted octanol–water partition coefficient (Wildman–Crippen LogP) is 2.98. The van der Waals surface area contributed by atoms with Gasteiger partial charge in [-0.15, -0.1) is 6.58 Å². The molecule has 1 fully saturated rings. The molecule has 19 heavy (non-hydrogen) atoms. The average Bonchev–Trinajstić information content (AvgIpc) is 2.43. The number of hydrogen-bond donors (Lipinski definition) is 0. The van der Waals surface area contributed by atoms with Crippen LogP contribution < -0.4 is 0 Å². The number of ether oxygens (including phenoxy) is 3. The van der Waals surface area contributed by atoms with Gasteiger partial charge >= 0.3 is 5.97 Å². The molecule has 0 bridgehead atoms. The molecule has 1 unspecified atom stereocenters. The third kappa shape index (κ3) is 7.13. The maximum atomic E-state index is 11.3. The Balaban J connectivity index is 2.44. The van der Waals surface area contributed by atoms with Crippen LogP contribution in [0.3, 0.4) is 0 Å². The van der Waals surface area contributed by atoms with Crippen LogP contribution in [0, 0.1) is 0 Å². The molecule has 0 spiro atoms. The van der Waals surface area contributed by atoms with Gasteiger partial charge in [0.2, 0.25) is 0 Å². The fraction of sp³-hybridized carbons (Fsp3) is 0.667. The first kappa shape index (κ1) is 15.9. The normalized spacial score (nSPS) is 21.2. The summed E-state index contributed by atoms with van der Waals surface area (Å²) in [7, 11) is 0. The van der Waals surface area contributed by atoms with E-state index in [1.54, 1.807) is 13.0 Å². The summed E-state index contributed by atoms with van der Waals surface area (Å²) in [6.07, 6.45) is 9.49. The Hall–Kier alpha value is -1.13. The van der Waals surface area contributed by atoms with Crippen LogP contribution in [0.2, 0.25) is 0 Å². The first-order valence-corrected chi connectivity index (χ1v) is 6.99. The van der Waals surface area contributed by atoms with Gasteiger partial charge in [0.05, 0.1) is 12.7 Å². The Morgan fingerprint density at radius 3 is 3.00 bits per heavy atom. The molecular weight excluding hydrogens is 244 g/mol. The molecule has 0 radical (unpaired) electrons. The number of esters is 1. The zero-order valence-electron chi connectivity index (χ0n) is 11.7. The molecule has 1 heterocycles. The molecule has 0 saturated carbocycles. The molecule has 1 aliphatic rings. The maximum absolute atomic E-state index is 11.3. The van der Waals surface area contributed by atoms with E-state index in [2.05, 4.69) is 6.58 Å². The Labute approximate surface area is 115 Å². The molecule has 1 saturated heterocycles. The van der Waals surface area contributed by atoms with Crippen LogP contribution in [0.1, 0.15) is 39.0 Å². The van der Waals surface area contributed by atoms with Crippen LogP contribution in [0.5, 0.6) is 0 Å². The molecule has 1 aliphatic heterocycles. The van der Waals surface area contributed by atoms with Crippen molar-refractivity contribution >= 4 is 5.97 Å². The van der Waals surface area contributed by atoms with Crippen molar-refractivity contribution in [3.8, 4) is 0 Å². The maximum Gasteiger partial charge on any atom is 0.330 e. The highest BCUT2D eigenvalue weighted by molar-refractivity contribution is 5.81. The highest BCUT2D eigenvalue weighted by Crippen LogP contribution is 2.18. The predicted molar refractivity (Wildman–Crippen MR) is 73.7 cm³/mol. The van der Waals surface area contributed by atoms with Crippen LogP contribution in [0.15, 0.2) is 24.8 Å². The van der Waals surface area contributed by atoms with Crippen molar-refractivity contribution in [2.45, 2.75) is 51.4 Å². The molecule has 4 heteroatoms. The number of allylic oxidation sites excluding steroid dienone is 1. The lowest BCUT2D eigenvalue weighted by atomic mass is 10.1. The quantitative estimate of drug-likeness (QED) is 0.386. The fourth-order valence-electron chi connectivity index (χ4n) is 1.88. The summed E-state index contributed by atoms with van der Waals surface area (Å²) in [5, 5.41) is 0. The van der Waals surface area contributed by atoms with Crippen LogP contribution in [0.25, 0.3) is 0 Å². The smallest absolute Gasteiger partial charge is 0.330 e. The van der Waals surface area contributed by atoms with Gasteiger partial charge in [-0.2, -0.15) is 0 Å². The van der Waals surface area contributed by atoms with Gasteiger partial charge in [-0.05, 0) is 45.1 Å². The highest BCUT2D eigenvalue weighted by atomic mass is 16.7. The zero-order valence-corrected chi connectivity index (χ0v) is 11.7. The van der Waals surface area contributed by atoms with Crippen molar-refractivity contribution in [2.24, 2.45) is 0 Å². The van der Waals surface area contributed by atoms with Crippen molar-refractivity contribution in [3.05, 3.63) is 24.8 Å². The summed E-state index contributed by atoms with van der Waals surface area (Å²) in [5.74, 6) is -0.334. The molecule has 0 aromatic carbocycles. The summed E-state index contributed by atoms with van der Waals surface area (Å²) in [6.45, 7) is 6.62. The van der Waals surface area contributed by atoms with E-state index in [1.807, 2.05) is 6.08 Å². The molecule has 4 nitrogen and oxygen atoms in total. The molecule has 0 aromatic heterocycles. The minimum absolute atomic E-state index is 0.134. The number of carbonyl (C=O) groups is 1. The van der Waals surface area contributed by atoms with Crippen LogP contribution >= 0.6 is 0 Å². The van der Waals surface area contributed by atoms with E-state index in [4.69, 9.17) is 14.2 Å². The first-order chi connectivity index (χ1) is 9.26. The van der Waals surface area contributed by atoms with E-state index in [9.17, 15) is 4.79 Å². The van der Waals surface area contributed by atoms with E-state index in [-0.39, 0.29) is 18.4 Å². The van der Waals surface area contributed by atoms with Crippen molar-refractivity contribution in [3.63, 3.8) is 0 Å². The first-order valence-electron chi connectivity index (χ1n) is 6.99. The second-order valence-corrected chi connectivity index (χ2v) is 4.45. The van der Waals surface area contributed by atoms with E-state index in [1.165, 1.54) is 6.08 Å². The van der Waals surface area contributed by atoms with Crippen molar-refractivity contribution in [1.29, 1.82) is 0 Å². The second kappa shape index (κ2) is 9.75. The standard InChI is InChI=1S/C15H24O4/c1-3-5-8-13(10-11-14(16)17-4-2)19-15-9-6-7-12-18-15/h3,10-11,13,15H,1,4-9,12H2,2H3/b11-10+/t13-,15?/m1/s1. The number of carbonyl (C=O) groups excluding carboxylic acids is 1. The van der Waals surface area contributed by atoms with Gasteiger partial charge in [0, 0.05) is 12.7 Å². The monoisotopic (exact) mass is 268 g/mol. The minimum atomic E-state index is -0.334. The minimum Gasteiger partial charge on any atom is -0.463 e. The van der Waals surface area contributed by atoms with E-state index in [0.29, 0.717) is 6.61 Å². The number of rotatable bonds is 8. The molecule has 1 rings (SSSR count). The average molecular weight is 268 g/mol. The van der Waals surface area contributed by atoms with Crippen molar-refractivity contribution in [2.75, 3.05) is 13.2 Å². The molecule has 0 aliphatic carbocycles. The Morgan fingerprint density at radius 2 is 2.37 bits per heavy atom. The van der Waals surface area contributed by atoms with Gasteiger partial charge in [-0.1, -0.05) is 6.08 Å². The molecule has 0 aromatic rings. The molecule has 2 atom stereocenters. The fourth-order valence-corrected chi connectivity index (χ4v) is 1.88. The molecule has 108 valence electrons. The summed E-state index contributed by atoms with van der Waals surface area (Å²) in [5.41, 5.74) is 0. The van der Waals surface area contributed by atoms with Gasteiger partial charge in [-0.25, -0.2) is 4.79 Å². The lowest BCUT2D eigenvalue weighted by Gasteiger charge is -2.26. The van der Waals surface area contributed by atoms with Crippen LogP contribution in [-0.4, -0.2) is 31.6 Å². The third-order valence-electron chi connectivity index (χ3n) is 2.85. The Morgan fingerprint density at radius 1 is 1.53 bits per heavy atom. The largest absolute Gasteiger partial charge is 0.463 e. The summed E-state index contributed by atoms with van der Waals surface area (Å²) < 4.78 is 16.3. The lowest BCUT2D eigenvalue weighted by molar-refractivity contribution is -0.179. The number of hydrogen-bond acceptors (Lipinski definition) is 4. The molecule has 0 N–H and O–H groups in total. The third-order valence-corrected chi connectivity index (χ3v) is 2.85. The van der Waals surface area contributed by atoms with E-state index < -0.39 is 0 Å². The van der Waals surface area contributed by atoms with Crippen LogP contribution in [0.4, 0.5) is 0 Å². The topological polar surface area (TPSA) is 44.8 Å². The van der Waals surface area contributed by atoms with Crippen molar-refractivity contribution < 1.29 is 19.0 Å².